The molecule has 0 saturated carbocycles. The van der Waals surface area contributed by atoms with Gasteiger partial charge in [-0.05, 0) is 28.5 Å². The minimum atomic E-state index is 0. The molecule has 4 heteroatoms. The van der Waals surface area contributed by atoms with E-state index in [0.29, 0.717) is 5.96 Å². The molecule has 26 heavy (non-hydrogen) atoms. The zero-order valence-electron chi connectivity index (χ0n) is 14.1. The summed E-state index contributed by atoms with van der Waals surface area (Å²) in [5.41, 5.74) is 3.34. The summed E-state index contributed by atoms with van der Waals surface area (Å²) in [4.78, 5) is 2.04. The molecule has 0 radical (unpaired) electrons. The van der Waals surface area contributed by atoms with Gasteiger partial charge in [-0.15, -0.1) is 12.4 Å². The van der Waals surface area contributed by atoms with E-state index < -0.39 is 0 Å². The topological polar surface area (TPSA) is 39.1 Å². The van der Waals surface area contributed by atoms with E-state index in [1.807, 2.05) is 29.2 Å². The number of nitrogens with zero attached hydrogens (tertiary/aromatic N) is 1. The Morgan fingerprint density at radius 1 is 0.808 bits per heavy atom. The third-order valence-electron chi connectivity index (χ3n) is 4.90. The van der Waals surface area contributed by atoms with Crippen molar-refractivity contribution < 1.29 is 0 Å². The Balaban J connectivity index is 0.00000168. The fourth-order valence-electron chi connectivity index (χ4n) is 3.74. The smallest absolute Gasteiger partial charge is 0.200 e. The molecular weight excluding hydrogens is 342 g/mol. The molecule has 128 valence electrons. The van der Waals surface area contributed by atoms with Gasteiger partial charge in [-0.1, -0.05) is 66.7 Å². The standard InChI is InChI=1S/C22H17N3.ClH/c23-22(24-19-12-4-7-15-6-1-2-11-18(15)19)25-14-17-10-3-8-16-9-5-13-20(25)21(16)17;/h1-13H,14H2,(H2,23,24);1H. The number of fused-ring (bicyclic) bond motifs is 1. The second-order valence-corrected chi connectivity index (χ2v) is 6.38. The van der Waals surface area contributed by atoms with Crippen molar-refractivity contribution >= 4 is 51.3 Å². The van der Waals surface area contributed by atoms with Crippen LogP contribution in [-0.2, 0) is 6.54 Å². The summed E-state index contributed by atoms with van der Waals surface area (Å²) in [6.45, 7) is 0.729. The van der Waals surface area contributed by atoms with Gasteiger partial charge in [0.05, 0.1) is 12.2 Å². The number of guanidine groups is 1. The molecule has 0 atom stereocenters. The number of benzene rings is 4. The van der Waals surface area contributed by atoms with Crippen molar-refractivity contribution in [2.45, 2.75) is 6.54 Å². The van der Waals surface area contributed by atoms with E-state index in [-0.39, 0.29) is 12.4 Å². The van der Waals surface area contributed by atoms with Gasteiger partial charge < -0.3 is 10.2 Å². The van der Waals surface area contributed by atoms with E-state index in [4.69, 9.17) is 5.41 Å². The van der Waals surface area contributed by atoms with Gasteiger partial charge in [0.15, 0.2) is 0 Å². The van der Waals surface area contributed by atoms with E-state index in [1.54, 1.807) is 0 Å². The van der Waals surface area contributed by atoms with Crippen LogP contribution in [0.15, 0.2) is 78.9 Å². The Morgan fingerprint density at radius 3 is 2.38 bits per heavy atom. The summed E-state index contributed by atoms with van der Waals surface area (Å²) in [7, 11) is 0. The summed E-state index contributed by atoms with van der Waals surface area (Å²) < 4.78 is 0. The molecule has 2 N–H and O–H groups in total. The first-order valence-corrected chi connectivity index (χ1v) is 8.43. The Kier molecular flexibility index (Phi) is 4.02. The van der Waals surface area contributed by atoms with Crippen LogP contribution in [0.1, 0.15) is 5.56 Å². The van der Waals surface area contributed by atoms with Crippen molar-refractivity contribution in [3.8, 4) is 0 Å². The number of hydrogen-bond acceptors (Lipinski definition) is 1. The van der Waals surface area contributed by atoms with Crippen LogP contribution in [0.5, 0.6) is 0 Å². The summed E-state index contributed by atoms with van der Waals surface area (Å²) in [5.74, 6) is 0.403. The molecular formula is C22H18ClN3. The minimum absolute atomic E-state index is 0. The SMILES string of the molecule is Cl.N=C(Nc1cccc2ccccc12)N1Cc2cccc3cccc1c23. The van der Waals surface area contributed by atoms with Gasteiger partial charge in [0, 0.05) is 16.5 Å². The Morgan fingerprint density at radius 2 is 1.50 bits per heavy atom. The molecule has 3 nitrogen and oxygen atoms in total. The van der Waals surface area contributed by atoms with Crippen LogP contribution in [0, 0.1) is 5.41 Å². The average molecular weight is 360 g/mol. The molecule has 1 aliphatic rings. The van der Waals surface area contributed by atoms with Crippen LogP contribution in [0.3, 0.4) is 0 Å². The summed E-state index contributed by atoms with van der Waals surface area (Å²) in [6.07, 6.45) is 0. The van der Waals surface area contributed by atoms with Crippen molar-refractivity contribution in [3.63, 3.8) is 0 Å². The normalized spacial score (nSPS) is 12.2. The highest BCUT2D eigenvalue weighted by atomic mass is 35.5. The lowest BCUT2D eigenvalue weighted by molar-refractivity contribution is 1.04. The van der Waals surface area contributed by atoms with Gasteiger partial charge >= 0.3 is 0 Å². The van der Waals surface area contributed by atoms with E-state index in [1.165, 1.54) is 21.7 Å². The molecule has 1 aliphatic heterocycles. The summed E-state index contributed by atoms with van der Waals surface area (Å²) in [6, 6.07) is 27.1. The monoisotopic (exact) mass is 359 g/mol. The largest absolute Gasteiger partial charge is 0.325 e. The van der Waals surface area contributed by atoms with E-state index in [9.17, 15) is 0 Å². The molecule has 0 bridgehead atoms. The van der Waals surface area contributed by atoms with Crippen LogP contribution in [-0.4, -0.2) is 5.96 Å². The first kappa shape index (κ1) is 16.4. The molecule has 1 heterocycles. The van der Waals surface area contributed by atoms with E-state index >= 15 is 0 Å². The zero-order valence-corrected chi connectivity index (χ0v) is 14.9. The third-order valence-corrected chi connectivity index (χ3v) is 4.90. The Hall–Kier alpha value is -3.04. The van der Waals surface area contributed by atoms with Gasteiger partial charge in [0.1, 0.15) is 0 Å². The maximum Gasteiger partial charge on any atom is 0.200 e. The van der Waals surface area contributed by atoms with Crippen molar-refractivity contribution in [2.24, 2.45) is 0 Å². The molecule has 0 saturated heterocycles. The fourth-order valence-corrected chi connectivity index (χ4v) is 3.74. The van der Waals surface area contributed by atoms with Crippen LogP contribution in [0.25, 0.3) is 21.5 Å². The third kappa shape index (κ3) is 2.49. The van der Waals surface area contributed by atoms with Crippen LogP contribution < -0.4 is 10.2 Å². The number of anilines is 2. The van der Waals surface area contributed by atoms with Crippen LogP contribution in [0.4, 0.5) is 11.4 Å². The van der Waals surface area contributed by atoms with Crippen LogP contribution in [0.2, 0.25) is 0 Å². The first-order chi connectivity index (χ1) is 12.3. The van der Waals surface area contributed by atoms with Crippen molar-refractivity contribution in [3.05, 3.63) is 84.4 Å². The predicted molar refractivity (Wildman–Crippen MR) is 113 cm³/mol. The van der Waals surface area contributed by atoms with Gasteiger partial charge in [0.25, 0.3) is 0 Å². The highest BCUT2D eigenvalue weighted by molar-refractivity contribution is 6.14. The van der Waals surface area contributed by atoms with Gasteiger partial charge in [-0.2, -0.15) is 0 Å². The Bertz CT molecular complexity index is 1130. The van der Waals surface area contributed by atoms with Gasteiger partial charge in [-0.25, -0.2) is 0 Å². The lowest BCUT2D eigenvalue weighted by Crippen LogP contribution is -2.32. The maximum atomic E-state index is 8.65. The number of nitrogens with one attached hydrogen (secondary N) is 2. The molecule has 5 rings (SSSR count). The molecule has 0 spiro atoms. The predicted octanol–water partition coefficient (Wildman–Crippen LogP) is 5.78. The molecule has 4 aromatic rings. The van der Waals surface area contributed by atoms with Crippen molar-refractivity contribution in [1.29, 1.82) is 5.41 Å². The number of rotatable bonds is 1. The minimum Gasteiger partial charge on any atom is -0.325 e. The molecule has 4 aromatic carbocycles. The zero-order chi connectivity index (χ0) is 16.8. The Labute approximate surface area is 158 Å². The molecule has 0 unspecified atom stereocenters. The molecule has 0 fully saturated rings. The number of halogens is 1. The second kappa shape index (κ2) is 6.36. The lowest BCUT2D eigenvalue weighted by atomic mass is 10.1. The summed E-state index contributed by atoms with van der Waals surface area (Å²) in [5, 5.41) is 16.8. The van der Waals surface area contributed by atoms with E-state index in [2.05, 4.69) is 59.9 Å². The summed E-state index contributed by atoms with van der Waals surface area (Å²) >= 11 is 0. The highest BCUT2D eigenvalue weighted by Crippen LogP contribution is 2.37. The maximum absolute atomic E-state index is 8.65. The molecule has 0 aromatic heterocycles. The van der Waals surface area contributed by atoms with Gasteiger partial charge in [-0.3, -0.25) is 5.41 Å². The quantitative estimate of drug-likeness (QED) is 0.334. The average Bonchev–Trinajstić information content (AvgIpc) is 3.03. The van der Waals surface area contributed by atoms with Crippen molar-refractivity contribution in [2.75, 3.05) is 10.2 Å². The van der Waals surface area contributed by atoms with E-state index in [0.717, 1.165) is 23.3 Å². The van der Waals surface area contributed by atoms with Crippen molar-refractivity contribution in [1.82, 2.24) is 0 Å². The van der Waals surface area contributed by atoms with Gasteiger partial charge in [0.2, 0.25) is 5.96 Å². The highest BCUT2D eigenvalue weighted by Gasteiger charge is 2.24. The molecule has 0 aliphatic carbocycles. The second-order valence-electron chi connectivity index (χ2n) is 6.38. The fraction of sp³-hybridized carbons (Fsp3) is 0.0455. The number of hydrogen-bond donors (Lipinski definition) is 2. The molecule has 0 amide bonds. The van der Waals surface area contributed by atoms with Crippen LogP contribution >= 0.6 is 12.4 Å². The lowest BCUT2D eigenvalue weighted by Gasteiger charge is -2.22. The first-order valence-electron chi connectivity index (χ1n) is 8.43.